The van der Waals surface area contributed by atoms with Gasteiger partial charge in [-0.2, -0.15) is 0 Å². The molecule has 0 radical (unpaired) electrons. The Morgan fingerprint density at radius 3 is 2.59 bits per heavy atom. The van der Waals surface area contributed by atoms with Crippen molar-refractivity contribution < 1.29 is 0 Å². The quantitative estimate of drug-likeness (QED) is 0.466. The van der Waals surface area contributed by atoms with Crippen molar-refractivity contribution in [1.82, 2.24) is 0 Å². The number of hydrogen-bond acceptors (Lipinski definition) is 0. The summed E-state index contributed by atoms with van der Waals surface area (Å²) < 4.78 is 0. The van der Waals surface area contributed by atoms with Gasteiger partial charge in [0, 0.05) is 0 Å². The van der Waals surface area contributed by atoms with Crippen LogP contribution in [0.2, 0.25) is 0 Å². The second kappa shape index (κ2) is 8.78. The summed E-state index contributed by atoms with van der Waals surface area (Å²) in [7, 11) is 0. The molecule has 1 aromatic carbocycles. The fourth-order valence-corrected chi connectivity index (χ4v) is 3.14. The molecular weight excluding hydrogens is 264 g/mol. The summed E-state index contributed by atoms with van der Waals surface area (Å²) in [6, 6.07) is 6.85. The standard InChI is InChI=1S/C22H32/c1-7-10-18(3)11-9-15-22(6,14-8-2)17-21-13-12-19(4)16-20(21)5/h7,9-13,16H,1,8,14-15,17H2,2-6H3/b11-9-,18-10-. The van der Waals surface area contributed by atoms with E-state index in [-0.39, 0.29) is 0 Å². The molecule has 0 heterocycles. The fourth-order valence-electron chi connectivity index (χ4n) is 3.14. The molecular formula is C22H32. The molecule has 0 fully saturated rings. The van der Waals surface area contributed by atoms with Gasteiger partial charge in [0.15, 0.2) is 0 Å². The average molecular weight is 296 g/mol. The molecule has 1 unspecified atom stereocenters. The highest BCUT2D eigenvalue weighted by atomic mass is 14.3. The summed E-state index contributed by atoms with van der Waals surface area (Å²) in [5.74, 6) is 0. The van der Waals surface area contributed by atoms with Crippen LogP contribution in [0.1, 0.15) is 56.7 Å². The zero-order chi connectivity index (χ0) is 16.6. The first-order chi connectivity index (χ1) is 10.4. The van der Waals surface area contributed by atoms with Crippen LogP contribution >= 0.6 is 0 Å². The van der Waals surface area contributed by atoms with Crippen molar-refractivity contribution in [3.8, 4) is 0 Å². The molecule has 0 amide bonds. The molecule has 0 bridgehead atoms. The lowest BCUT2D eigenvalue weighted by Gasteiger charge is -2.29. The van der Waals surface area contributed by atoms with Gasteiger partial charge in [-0.1, -0.05) is 80.5 Å². The Bertz CT molecular complexity index is 545. The highest BCUT2D eigenvalue weighted by molar-refractivity contribution is 5.31. The van der Waals surface area contributed by atoms with Crippen molar-refractivity contribution in [3.05, 3.63) is 71.3 Å². The van der Waals surface area contributed by atoms with Gasteiger partial charge in [0.25, 0.3) is 0 Å². The molecule has 0 spiro atoms. The van der Waals surface area contributed by atoms with Crippen LogP contribution in [-0.2, 0) is 6.42 Å². The van der Waals surface area contributed by atoms with Gasteiger partial charge in [0.2, 0.25) is 0 Å². The van der Waals surface area contributed by atoms with Crippen LogP contribution in [0.25, 0.3) is 0 Å². The first-order valence-electron chi connectivity index (χ1n) is 8.42. The molecule has 0 saturated heterocycles. The average Bonchev–Trinajstić information content (AvgIpc) is 2.42. The number of allylic oxidation sites excluding steroid dienone is 5. The van der Waals surface area contributed by atoms with Crippen LogP contribution in [0.15, 0.2) is 54.7 Å². The van der Waals surface area contributed by atoms with Gasteiger partial charge in [-0.15, -0.1) is 0 Å². The first-order valence-corrected chi connectivity index (χ1v) is 8.42. The van der Waals surface area contributed by atoms with Crippen molar-refractivity contribution >= 4 is 0 Å². The van der Waals surface area contributed by atoms with E-state index in [1.54, 1.807) is 0 Å². The van der Waals surface area contributed by atoms with Crippen LogP contribution in [0.5, 0.6) is 0 Å². The Morgan fingerprint density at radius 1 is 1.27 bits per heavy atom. The molecule has 120 valence electrons. The van der Waals surface area contributed by atoms with E-state index in [1.807, 2.05) is 6.08 Å². The maximum Gasteiger partial charge on any atom is -0.0219 e. The van der Waals surface area contributed by atoms with Gasteiger partial charge >= 0.3 is 0 Å². The molecule has 0 N–H and O–H groups in total. The zero-order valence-corrected chi connectivity index (χ0v) is 15.1. The minimum Gasteiger partial charge on any atom is -0.0991 e. The number of aryl methyl sites for hydroxylation is 2. The fraction of sp³-hybridized carbons (Fsp3) is 0.455. The second-order valence-electron chi connectivity index (χ2n) is 6.92. The molecule has 1 atom stereocenters. The smallest absolute Gasteiger partial charge is 0.0219 e. The number of benzene rings is 1. The van der Waals surface area contributed by atoms with Gasteiger partial charge in [-0.25, -0.2) is 0 Å². The molecule has 0 aliphatic heterocycles. The van der Waals surface area contributed by atoms with Gasteiger partial charge in [0.1, 0.15) is 0 Å². The van der Waals surface area contributed by atoms with Crippen LogP contribution in [0.4, 0.5) is 0 Å². The van der Waals surface area contributed by atoms with E-state index in [0.717, 1.165) is 12.8 Å². The van der Waals surface area contributed by atoms with Gasteiger partial charge < -0.3 is 0 Å². The summed E-state index contributed by atoms with van der Waals surface area (Å²) in [6.07, 6.45) is 13.2. The van der Waals surface area contributed by atoms with E-state index in [4.69, 9.17) is 0 Å². The normalized spacial score (nSPS) is 15.0. The highest BCUT2D eigenvalue weighted by Gasteiger charge is 2.23. The molecule has 0 aliphatic carbocycles. The minimum atomic E-state index is 0.333. The molecule has 0 nitrogen and oxygen atoms in total. The lowest BCUT2D eigenvalue weighted by atomic mass is 9.76. The maximum atomic E-state index is 3.75. The Morgan fingerprint density at radius 2 is 2.00 bits per heavy atom. The SMILES string of the molecule is C=C/C=C(C)\C=C/CC(C)(CCC)Cc1ccc(C)cc1C. The predicted octanol–water partition coefficient (Wildman–Crippen LogP) is 6.73. The largest absolute Gasteiger partial charge is 0.0991 e. The summed E-state index contributed by atoms with van der Waals surface area (Å²) in [5, 5.41) is 0. The molecule has 0 aliphatic rings. The number of hydrogen-bond donors (Lipinski definition) is 0. The van der Waals surface area contributed by atoms with Crippen molar-refractivity contribution in [3.63, 3.8) is 0 Å². The first kappa shape index (κ1) is 18.5. The highest BCUT2D eigenvalue weighted by Crippen LogP contribution is 2.33. The second-order valence-corrected chi connectivity index (χ2v) is 6.92. The van der Waals surface area contributed by atoms with Crippen molar-refractivity contribution in [2.24, 2.45) is 5.41 Å². The van der Waals surface area contributed by atoms with E-state index in [1.165, 1.54) is 35.1 Å². The Kier molecular flexibility index (Phi) is 7.38. The minimum absolute atomic E-state index is 0.333. The van der Waals surface area contributed by atoms with Crippen LogP contribution in [0, 0.1) is 19.3 Å². The molecule has 1 aromatic rings. The van der Waals surface area contributed by atoms with E-state index < -0.39 is 0 Å². The molecule has 0 heteroatoms. The van der Waals surface area contributed by atoms with Crippen LogP contribution in [-0.4, -0.2) is 0 Å². The topological polar surface area (TPSA) is 0 Å². The Balaban J connectivity index is 2.86. The molecule has 22 heavy (non-hydrogen) atoms. The Hall–Kier alpha value is -1.56. The van der Waals surface area contributed by atoms with Gasteiger partial charge in [-0.3, -0.25) is 0 Å². The Labute approximate surface area is 137 Å². The van der Waals surface area contributed by atoms with Gasteiger partial charge in [-0.05, 0) is 56.6 Å². The third-order valence-electron chi connectivity index (χ3n) is 4.34. The van der Waals surface area contributed by atoms with Gasteiger partial charge in [0.05, 0.1) is 0 Å². The van der Waals surface area contributed by atoms with Crippen molar-refractivity contribution in [2.45, 2.75) is 60.3 Å². The van der Waals surface area contributed by atoms with Crippen LogP contribution < -0.4 is 0 Å². The molecule has 1 rings (SSSR count). The number of rotatable bonds is 8. The summed E-state index contributed by atoms with van der Waals surface area (Å²) >= 11 is 0. The monoisotopic (exact) mass is 296 g/mol. The van der Waals surface area contributed by atoms with Crippen molar-refractivity contribution in [2.75, 3.05) is 0 Å². The molecule has 0 saturated carbocycles. The summed E-state index contributed by atoms with van der Waals surface area (Å²) in [6.45, 7) is 15.0. The van der Waals surface area contributed by atoms with E-state index in [0.29, 0.717) is 5.41 Å². The lowest BCUT2D eigenvalue weighted by Crippen LogP contribution is -2.19. The van der Waals surface area contributed by atoms with Crippen molar-refractivity contribution in [1.29, 1.82) is 0 Å². The summed E-state index contributed by atoms with van der Waals surface area (Å²) in [5.41, 5.74) is 5.87. The van der Waals surface area contributed by atoms with E-state index in [9.17, 15) is 0 Å². The lowest BCUT2D eigenvalue weighted by molar-refractivity contribution is 0.294. The maximum absolute atomic E-state index is 3.75. The summed E-state index contributed by atoms with van der Waals surface area (Å²) in [4.78, 5) is 0. The van der Waals surface area contributed by atoms with E-state index >= 15 is 0 Å². The third-order valence-corrected chi connectivity index (χ3v) is 4.34. The molecule has 0 aromatic heterocycles. The van der Waals surface area contributed by atoms with Crippen LogP contribution in [0.3, 0.4) is 0 Å². The predicted molar refractivity (Wildman–Crippen MR) is 100 cm³/mol. The zero-order valence-electron chi connectivity index (χ0n) is 15.1. The van der Waals surface area contributed by atoms with E-state index in [2.05, 4.69) is 77.6 Å². The third kappa shape index (κ3) is 6.05.